The number of anilines is 1. The number of hydrogen-bond donors (Lipinski definition) is 2. The van der Waals surface area contributed by atoms with Crippen LogP contribution in [0.2, 0.25) is 0 Å². The molecule has 2 aromatic rings. The van der Waals surface area contributed by atoms with E-state index in [1.165, 1.54) is 17.0 Å². The second kappa shape index (κ2) is 7.90. The van der Waals surface area contributed by atoms with E-state index in [0.717, 1.165) is 12.8 Å². The van der Waals surface area contributed by atoms with Gasteiger partial charge in [-0.1, -0.05) is 19.4 Å². The summed E-state index contributed by atoms with van der Waals surface area (Å²) in [7, 11) is 0. The Morgan fingerprint density at radius 1 is 1.29 bits per heavy atom. The first-order valence-electron chi connectivity index (χ1n) is 7.01. The maximum Gasteiger partial charge on any atom is 0.238 e. The van der Waals surface area contributed by atoms with Crippen molar-refractivity contribution in [2.75, 3.05) is 11.9 Å². The van der Waals surface area contributed by atoms with Crippen LogP contribution >= 0.6 is 11.3 Å². The molecule has 1 amide bonds. The Labute approximate surface area is 128 Å². The van der Waals surface area contributed by atoms with E-state index in [1.807, 2.05) is 11.4 Å². The van der Waals surface area contributed by atoms with Gasteiger partial charge in [-0.3, -0.25) is 4.79 Å². The van der Waals surface area contributed by atoms with E-state index >= 15 is 0 Å². The summed E-state index contributed by atoms with van der Waals surface area (Å²) in [5.74, 6) is -0.439. The fraction of sp³-hybridized carbons (Fsp3) is 0.312. The summed E-state index contributed by atoms with van der Waals surface area (Å²) >= 11 is 1.69. The Balaban J connectivity index is 1.85. The molecule has 3 nitrogen and oxygen atoms in total. The zero-order valence-electron chi connectivity index (χ0n) is 11.9. The number of thiophene rings is 1. The summed E-state index contributed by atoms with van der Waals surface area (Å²) in [6.45, 7) is 2.36. The zero-order valence-corrected chi connectivity index (χ0v) is 12.8. The predicted octanol–water partition coefficient (Wildman–Crippen LogP) is 3.96. The molecule has 1 atom stereocenters. The third-order valence-corrected chi connectivity index (χ3v) is 4.09. The number of halogens is 1. The van der Waals surface area contributed by atoms with Crippen molar-refractivity contribution in [3.63, 3.8) is 0 Å². The minimum Gasteiger partial charge on any atom is -0.325 e. The number of rotatable bonds is 7. The molecule has 21 heavy (non-hydrogen) atoms. The van der Waals surface area contributed by atoms with Gasteiger partial charge in [-0.2, -0.15) is 0 Å². The van der Waals surface area contributed by atoms with Gasteiger partial charge in [0.2, 0.25) is 5.91 Å². The fourth-order valence-electron chi connectivity index (χ4n) is 2.08. The van der Waals surface area contributed by atoms with E-state index < -0.39 is 0 Å². The highest BCUT2D eigenvalue weighted by atomic mass is 32.1. The van der Waals surface area contributed by atoms with Crippen molar-refractivity contribution in [3.05, 3.63) is 52.5 Å². The molecule has 1 aromatic heterocycles. The van der Waals surface area contributed by atoms with Crippen molar-refractivity contribution in [2.45, 2.75) is 25.8 Å². The number of carbonyl (C=O) groups is 1. The Bertz CT molecular complexity index is 554. The topological polar surface area (TPSA) is 41.1 Å². The molecule has 0 fully saturated rings. The number of hydrogen-bond acceptors (Lipinski definition) is 3. The molecule has 0 radical (unpaired) electrons. The Morgan fingerprint density at radius 2 is 2.05 bits per heavy atom. The molecule has 1 heterocycles. The van der Waals surface area contributed by atoms with Crippen LogP contribution in [0.4, 0.5) is 10.1 Å². The van der Waals surface area contributed by atoms with Gasteiger partial charge >= 0.3 is 0 Å². The zero-order chi connectivity index (χ0) is 15.1. The maximum atomic E-state index is 12.8. The molecule has 1 aromatic carbocycles. The third kappa shape index (κ3) is 4.95. The van der Waals surface area contributed by atoms with Gasteiger partial charge < -0.3 is 10.6 Å². The van der Waals surface area contributed by atoms with E-state index in [1.54, 1.807) is 23.5 Å². The van der Waals surface area contributed by atoms with Crippen LogP contribution in [0.1, 0.15) is 30.7 Å². The van der Waals surface area contributed by atoms with E-state index in [9.17, 15) is 9.18 Å². The lowest BCUT2D eigenvalue weighted by atomic mass is 10.1. The average molecular weight is 306 g/mol. The van der Waals surface area contributed by atoms with Crippen molar-refractivity contribution >= 4 is 22.9 Å². The quantitative estimate of drug-likeness (QED) is 0.813. The number of benzene rings is 1. The molecular formula is C16H19FN2OS. The molecule has 0 aliphatic heterocycles. The maximum absolute atomic E-state index is 12.8. The van der Waals surface area contributed by atoms with Crippen LogP contribution in [0.3, 0.4) is 0 Å². The highest BCUT2D eigenvalue weighted by molar-refractivity contribution is 7.10. The first-order chi connectivity index (χ1) is 10.2. The Morgan fingerprint density at radius 3 is 2.67 bits per heavy atom. The summed E-state index contributed by atoms with van der Waals surface area (Å²) in [4.78, 5) is 13.2. The first kappa shape index (κ1) is 15.7. The van der Waals surface area contributed by atoms with Gasteiger partial charge in [0.15, 0.2) is 0 Å². The van der Waals surface area contributed by atoms with E-state index in [2.05, 4.69) is 23.6 Å². The summed E-state index contributed by atoms with van der Waals surface area (Å²) in [6, 6.07) is 10.1. The highest BCUT2D eigenvalue weighted by Gasteiger charge is 2.12. The second-order valence-electron chi connectivity index (χ2n) is 4.79. The van der Waals surface area contributed by atoms with Crippen molar-refractivity contribution in [2.24, 2.45) is 0 Å². The van der Waals surface area contributed by atoms with Gasteiger partial charge in [0, 0.05) is 16.6 Å². The predicted molar refractivity (Wildman–Crippen MR) is 85.0 cm³/mol. The van der Waals surface area contributed by atoms with E-state index in [0.29, 0.717) is 5.69 Å². The second-order valence-corrected chi connectivity index (χ2v) is 5.77. The molecule has 0 saturated carbocycles. The normalized spacial score (nSPS) is 12.1. The molecule has 0 spiro atoms. The van der Waals surface area contributed by atoms with Gasteiger partial charge in [0.25, 0.3) is 0 Å². The molecule has 0 aliphatic carbocycles. The van der Waals surface area contributed by atoms with Gasteiger partial charge in [0.05, 0.1) is 6.54 Å². The van der Waals surface area contributed by atoms with Crippen molar-refractivity contribution in [3.8, 4) is 0 Å². The molecule has 0 bridgehead atoms. The molecule has 2 N–H and O–H groups in total. The summed E-state index contributed by atoms with van der Waals surface area (Å²) in [5, 5.41) is 8.07. The molecule has 5 heteroatoms. The van der Waals surface area contributed by atoms with Gasteiger partial charge in [-0.05, 0) is 42.1 Å². The highest BCUT2D eigenvalue weighted by Crippen LogP contribution is 2.22. The molecule has 112 valence electrons. The summed E-state index contributed by atoms with van der Waals surface area (Å²) < 4.78 is 12.8. The summed E-state index contributed by atoms with van der Waals surface area (Å²) in [5.41, 5.74) is 0.603. The number of amides is 1. The largest absolute Gasteiger partial charge is 0.325 e. The van der Waals surface area contributed by atoms with Crippen molar-refractivity contribution in [1.29, 1.82) is 0 Å². The van der Waals surface area contributed by atoms with Crippen molar-refractivity contribution < 1.29 is 9.18 Å². The SMILES string of the molecule is CCCC(NCC(=O)Nc1ccc(F)cc1)c1cccs1. The summed E-state index contributed by atoms with van der Waals surface area (Å²) in [6.07, 6.45) is 2.04. The number of carbonyl (C=O) groups excluding carboxylic acids is 1. The van der Waals surface area contributed by atoms with Gasteiger partial charge in [-0.25, -0.2) is 4.39 Å². The Hall–Kier alpha value is -1.72. The van der Waals surface area contributed by atoms with E-state index in [4.69, 9.17) is 0 Å². The molecule has 0 aliphatic rings. The lowest BCUT2D eigenvalue weighted by Gasteiger charge is -2.16. The fourth-order valence-corrected chi connectivity index (χ4v) is 2.91. The van der Waals surface area contributed by atoms with Gasteiger partial charge in [0.1, 0.15) is 5.82 Å². The molecule has 1 unspecified atom stereocenters. The first-order valence-corrected chi connectivity index (χ1v) is 7.89. The van der Waals surface area contributed by atoms with Crippen molar-refractivity contribution in [1.82, 2.24) is 5.32 Å². The minimum atomic E-state index is -0.313. The minimum absolute atomic E-state index is 0.126. The van der Waals surface area contributed by atoms with Gasteiger partial charge in [-0.15, -0.1) is 11.3 Å². The van der Waals surface area contributed by atoms with Crippen LogP contribution in [-0.2, 0) is 4.79 Å². The average Bonchev–Trinajstić information content (AvgIpc) is 3.00. The lowest BCUT2D eigenvalue weighted by molar-refractivity contribution is -0.115. The third-order valence-electron chi connectivity index (χ3n) is 3.10. The lowest BCUT2D eigenvalue weighted by Crippen LogP contribution is -2.31. The van der Waals surface area contributed by atoms with Crippen LogP contribution < -0.4 is 10.6 Å². The molecule has 0 saturated heterocycles. The van der Waals surface area contributed by atoms with Crippen LogP contribution in [0.5, 0.6) is 0 Å². The smallest absolute Gasteiger partial charge is 0.238 e. The monoisotopic (exact) mass is 306 g/mol. The molecule has 2 rings (SSSR count). The van der Waals surface area contributed by atoms with Crippen LogP contribution in [0.25, 0.3) is 0 Å². The van der Waals surface area contributed by atoms with Crippen LogP contribution in [0.15, 0.2) is 41.8 Å². The Kier molecular flexibility index (Phi) is 5.90. The molecular weight excluding hydrogens is 287 g/mol. The number of nitrogens with one attached hydrogen (secondary N) is 2. The van der Waals surface area contributed by atoms with E-state index in [-0.39, 0.29) is 24.3 Å². The standard InChI is InChI=1S/C16H19FN2OS/c1-2-4-14(15-5-3-10-21-15)18-11-16(20)19-13-8-6-12(17)7-9-13/h3,5-10,14,18H,2,4,11H2,1H3,(H,19,20). The van der Waals surface area contributed by atoms with Crippen LogP contribution in [0, 0.1) is 5.82 Å². The van der Waals surface area contributed by atoms with Crippen LogP contribution in [-0.4, -0.2) is 12.5 Å².